The monoisotopic (exact) mass is 1060 g/mol. The van der Waals surface area contributed by atoms with E-state index in [2.05, 4.69) is 25.7 Å². The predicted molar refractivity (Wildman–Crippen MR) is 329 cm³/mol. The van der Waals surface area contributed by atoms with Crippen LogP contribution in [0.4, 0.5) is 0 Å². The highest BCUT2D eigenvalue weighted by Crippen LogP contribution is 2.24. The van der Waals surface area contributed by atoms with Crippen molar-refractivity contribution in [3.63, 3.8) is 0 Å². The third-order valence-corrected chi connectivity index (χ3v) is 16.7. The number of hydrogen-bond acceptors (Lipinski definition) is 6. The normalized spacial score (nSPS) is 13.4. The number of rotatable bonds is 64. The van der Waals surface area contributed by atoms with Crippen LogP contribution >= 0.6 is 0 Å². The van der Waals surface area contributed by atoms with Crippen LogP contribution in [0.1, 0.15) is 367 Å². The molecule has 6 heteroatoms. The van der Waals surface area contributed by atoms with Crippen molar-refractivity contribution in [2.45, 2.75) is 367 Å². The Labute approximate surface area is 471 Å². The van der Waals surface area contributed by atoms with Gasteiger partial charge in [-0.3, -0.25) is 4.79 Å². The summed E-state index contributed by atoms with van der Waals surface area (Å²) in [5.41, 5.74) is -0.484. The van der Waals surface area contributed by atoms with Gasteiger partial charge in [0.15, 0.2) is 0 Å². The number of carbonyl (C=O) groups is 1. The Morgan fingerprint density at radius 3 is 0.827 bits per heavy atom. The van der Waals surface area contributed by atoms with Crippen LogP contribution in [0, 0.1) is 5.41 Å². The number of likely N-dealkylation sites (tertiary alicyclic amines) is 1. The summed E-state index contributed by atoms with van der Waals surface area (Å²) in [5.74, 6) is -0.0774. The summed E-state index contributed by atoms with van der Waals surface area (Å²) in [7, 11) is 0. The lowest BCUT2D eigenvalue weighted by atomic mass is 9.92. The van der Waals surface area contributed by atoms with E-state index in [0.717, 1.165) is 58.5 Å². The molecule has 6 nitrogen and oxygen atoms in total. The molecule has 0 aliphatic carbocycles. The summed E-state index contributed by atoms with van der Waals surface area (Å²) in [6, 6.07) is 0. The Morgan fingerprint density at radius 1 is 0.307 bits per heavy atom. The summed E-state index contributed by atoms with van der Waals surface area (Å²) in [6.45, 7) is 14.6. The van der Waals surface area contributed by atoms with Crippen molar-refractivity contribution in [1.29, 1.82) is 0 Å². The van der Waals surface area contributed by atoms with Crippen LogP contribution in [-0.2, 0) is 23.7 Å². The fraction of sp³-hybridized carbons (Fsp3) is 0.986. The molecule has 0 saturated carbocycles. The van der Waals surface area contributed by atoms with E-state index < -0.39 is 5.41 Å². The van der Waals surface area contributed by atoms with Crippen molar-refractivity contribution < 1.29 is 23.7 Å². The molecule has 0 amide bonds. The first kappa shape index (κ1) is 72.3. The number of hydrogen-bond donors (Lipinski definition) is 0. The van der Waals surface area contributed by atoms with Gasteiger partial charge in [0, 0.05) is 26.2 Å². The number of nitrogens with zero attached hydrogens (tertiary/aromatic N) is 1. The predicted octanol–water partition coefficient (Wildman–Crippen LogP) is 22.0. The van der Waals surface area contributed by atoms with E-state index in [0.29, 0.717) is 32.8 Å². The van der Waals surface area contributed by atoms with Crippen LogP contribution in [0.25, 0.3) is 0 Å². The zero-order chi connectivity index (χ0) is 53.7. The number of esters is 1. The van der Waals surface area contributed by atoms with Crippen LogP contribution in [0.15, 0.2) is 0 Å². The number of ether oxygens (including phenoxy) is 4. The van der Waals surface area contributed by atoms with E-state index in [1.807, 2.05) is 0 Å². The Bertz CT molecular complexity index is 982. The molecule has 0 unspecified atom stereocenters. The average Bonchev–Trinajstić information content (AvgIpc) is 3.42. The topological polar surface area (TPSA) is 57.2 Å². The maximum atomic E-state index is 13.3. The number of piperidine rings is 1. The molecule has 0 atom stereocenters. The third-order valence-electron chi connectivity index (χ3n) is 16.7. The molecule has 0 radical (unpaired) electrons. The highest BCUT2D eigenvalue weighted by atomic mass is 16.5. The van der Waals surface area contributed by atoms with Gasteiger partial charge in [0.05, 0.1) is 25.2 Å². The molecule has 1 aliphatic heterocycles. The van der Waals surface area contributed by atoms with E-state index in [9.17, 15) is 4.79 Å². The van der Waals surface area contributed by atoms with Crippen molar-refractivity contribution in [2.75, 3.05) is 65.9 Å². The van der Waals surface area contributed by atoms with E-state index in [1.54, 1.807) is 0 Å². The van der Waals surface area contributed by atoms with Gasteiger partial charge in [0.2, 0.25) is 0 Å². The van der Waals surface area contributed by atoms with Gasteiger partial charge in [-0.2, -0.15) is 0 Å². The molecule has 0 aromatic rings. The average molecular weight is 1060 g/mol. The van der Waals surface area contributed by atoms with Crippen LogP contribution in [0.2, 0.25) is 0 Å². The largest absolute Gasteiger partial charge is 0.465 e. The van der Waals surface area contributed by atoms with Crippen molar-refractivity contribution in [3.8, 4) is 0 Å². The maximum absolute atomic E-state index is 13.3. The van der Waals surface area contributed by atoms with Gasteiger partial charge in [-0.05, 0) is 64.6 Å². The lowest BCUT2D eigenvalue weighted by molar-refractivity contribution is -0.156. The highest BCUT2D eigenvalue weighted by molar-refractivity contribution is 5.69. The second-order valence-corrected chi connectivity index (χ2v) is 24.6. The SMILES string of the molecule is CCCCCCCCCCCCCCCCCCOCC(COCCCCCCCCCCCCCCCCCC)(COCCCCCCCCCCCCCCCCCC)COC(=O)CCCCN1CCCCC1. The van der Waals surface area contributed by atoms with Gasteiger partial charge in [0.1, 0.15) is 6.61 Å². The molecule has 0 aromatic carbocycles. The second kappa shape index (κ2) is 60.9. The van der Waals surface area contributed by atoms with E-state index >= 15 is 0 Å². The van der Waals surface area contributed by atoms with Gasteiger partial charge >= 0.3 is 5.97 Å². The molecule has 448 valence electrons. The molecular weight excluding hydrogens is 923 g/mol. The molecular formula is C69H137NO5. The van der Waals surface area contributed by atoms with Crippen LogP contribution in [0.3, 0.4) is 0 Å². The smallest absolute Gasteiger partial charge is 0.305 e. The van der Waals surface area contributed by atoms with Crippen molar-refractivity contribution >= 4 is 5.97 Å². The van der Waals surface area contributed by atoms with Crippen LogP contribution in [-0.4, -0.2) is 76.8 Å². The maximum Gasteiger partial charge on any atom is 0.305 e. The van der Waals surface area contributed by atoms with Gasteiger partial charge in [-0.15, -0.1) is 0 Å². The van der Waals surface area contributed by atoms with Crippen molar-refractivity contribution in [1.82, 2.24) is 4.90 Å². The molecule has 1 heterocycles. The van der Waals surface area contributed by atoms with E-state index in [4.69, 9.17) is 18.9 Å². The minimum Gasteiger partial charge on any atom is -0.465 e. The molecule has 0 spiro atoms. The molecule has 0 N–H and O–H groups in total. The fourth-order valence-corrected chi connectivity index (χ4v) is 11.5. The molecule has 1 aliphatic rings. The van der Waals surface area contributed by atoms with E-state index in [1.165, 1.54) is 321 Å². The first-order valence-electron chi connectivity index (χ1n) is 34.8. The Hall–Kier alpha value is -0.690. The summed E-state index contributed by atoms with van der Waals surface area (Å²) in [4.78, 5) is 15.9. The second-order valence-electron chi connectivity index (χ2n) is 24.6. The summed E-state index contributed by atoms with van der Waals surface area (Å²) in [6.07, 6.45) is 72.2. The minimum atomic E-state index is -0.484. The third kappa shape index (κ3) is 53.7. The first-order valence-corrected chi connectivity index (χ1v) is 34.8. The highest BCUT2D eigenvalue weighted by Gasteiger charge is 2.34. The zero-order valence-electron chi connectivity index (χ0n) is 51.7. The molecule has 1 rings (SSSR count). The number of carbonyl (C=O) groups excluding carboxylic acids is 1. The Kier molecular flexibility index (Phi) is 58.8. The zero-order valence-corrected chi connectivity index (χ0v) is 51.7. The molecule has 1 saturated heterocycles. The van der Waals surface area contributed by atoms with Gasteiger partial charge < -0.3 is 23.8 Å². The van der Waals surface area contributed by atoms with Gasteiger partial charge in [-0.1, -0.05) is 316 Å². The van der Waals surface area contributed by atoms with Crippen LogP contribution in [0.5, 0.6) is 0 Å². The molecule has 0 bridgehead atoms. The van der Waals surface area contributed by atoms with Crippen LogP contribution < -0.4 is 0 Å². The van der Waals surface area contributed by atoms with Crippen molar-refractivity contribution in [2.24, 2.45) is 5.41 Å². The number of unbranched alkanes of at least 4 members (excludes halogenated alkanes) is 46. The minimum absolute atomic E-state index is 0.0774. The molecule has 0 aromatic heterocycles. The summed E-state index contributed by atoms with van der Waals surface area (Å²) >= 11 is 0. The standard InChI is InChI=1S/C69H137NO5/c1-4-7-10-13-16-19-22-25-28-31-34-37-40-43-46-54-61-72-64-69(67-75-68(71)57-50-53-60-70-58-51-49-52-59-70,65-73-62-55-47-44-41-38-35-32-29-26-23-20-17-14-11-8-5-2)66-74-63-56-48-45-42-39-36-33-30-27-24-21-18-15-12-9-6-3/h4-67H2,1-3H3. The molecule has 75 heavy (non-hydrogen) atoms. The fourth-order valence-electron chi connectivity index (χ4n) is 11.5. The first-order chi connectivity index (χ1) is 37.2. The summed E-state index contributed by atoms with van der Waals surface area (Å²) in [5, 5.41) is 0. The van der Waals surface area contributed by atoms with Crippen molar-refractivity contribution in [3.05, 3.63) is 0 Å². The van der Waals surface area contributed by atoms with E-state index in [-0.39, 0.29) is 5.97 Å². The van der Waals surface area contributed by atoms with Gasteiger partial charge in [0.25, 0.3) is 0 Å². The van der Waals surface area contributed by atoms with Gasteiger partial charge in [-0.25, -0.2) is 0 Å². The Balaban J connectivity index is 2.58. The Morgan fingerprint density at radius 2 is 0.560 bits per heavy atom. The quantitative estimate of drug-likeness (QED) is 0.0447. The molecule has 1 fully saturated rings. The lowest BCUT2D eigenvalue weighted by Gasteiger charge is -2.33. The summed E-state index contributed by atoms with van der Waals surface area (Å²) < 4.78 is 25.8. The lowest BCUT2D eigenvalue weighted by Crippen LogP contribution is -2.42.